The van der Waals surface area contributed by atoms with Gasteiger partial charge >= 0.3 is 0 Å². The van der Waals surface area contributed by atoms with Crippen LogP contribution in [0.2, 0.25) is 0 Å². The highest BCUT2D eigenvalue weighted by Gasteiger charge is 2.62. The van der Waals surface area contributed by atoms with E-state index in [0.29, 0.717) is 18.8 Å². The molecule has 2 aliphatic carbocycles. The molecule has 0 unspecified atom stereocenters. The topological polar surface area (TPSA) is 52.6 Å². The van der Waals surface area contributed by atoms with Gasteiger partial charge < -0.3 is 9.47 Å². The lowest BCUT2D eigenvalue weighted by Gasteiger charge is -2.45. The fraction of sp³-hybridized carbons (Fsp3) is 0.619. The Morgan fingerprint density at radius 3 is 2.48 bits per heavy atom. The normalized spacial score (nSPS) is 31.5. The number of ether oxygens (including phenoxy) is 2. The van der Waals surface area contributed by atoms with Crippen molar-refractivity contribution in [3.05, 3.63) is 23.8 Å². The van der Waals surface area contributed by atoms with Crippen molar-refractivity contribution >= 4 is 11.6 Å². The van der Waals surface area contributed by atoms with Crippen molar-refractivity contribution in [2.24, 2.45) is 17.3 Å². The van der Waals surface area contributed by atoms with Crippen LogP contribution >= 0.6 is 0 Å². The molecule has 1 aromatic carbocycles. The summed E-state index contributed by atoms with van der Waals surface area (Å²) in [6, 6.07) is 5.83. The zero-order valence-corrected chi connectivity index (χ0v) is 15.8. The van der Waals surface area contributed by atoms with Gasteiger partial charge in [0.25, 0.3) is 0 Å². The number of carbonyl (C=O) groups excluding carboxylic acids is 2. The highest BCUT2D eigenvalue weighted by atomic mass is 16.5. The van der Waals surface area contributed by atoms with Gasteiger partial charge in [0.05, 0.1) is 19.6 Å². The Morgan fingerprint density at radius 2 is 1.88 bits per heavy atom. The molecule has 0 heterocycles. The van der Waals surface area contributed by atoms with Gasteiger partial charge in [0, 0.05) is 29.4 Å². The zero-order valence-electron chi connectivity index (χ0n) is 15.8. The lowest BCUT2D eigenvalue weighted by Crippen LogP contribution is -2.47. The molecule has 0 N–H and O–H groups in total. The quantitative estimate of drug-likeness (QED) is 0.759. The largest absolute Gasteiger partial charge is 0.497 e. The van der Waals surface area contributed by atoms with E-state index in [-0.39, 0.29) is 22.9 Å². The van der Waals surface area contributed by atoms with E-state index < -0.39 is 5.41 Å². The number of hydrogen-bond acceptors (Lipinski definition) is 4. The maximum atomic E-state index is 13.1. The Kier molecular flexibility index (Phi) is 4.42. The third-order valence-electron chi connectivity index (χ3n) is 6.32. The summed E-state index contributed by atoms with van der Waals surface area (Å²) in [6.07, 6.45) is 2.70. The average molecular weight is 344 g/mol. The van der Waals surface area contributed by atoms with Crippen molar-refractivity contribution in [3.63, 3.8) is 0 Å². The van der Waals surface area contributed by atoms with Crippen LogP contribution in [-0.4, -0.2) is 25.8 Å². The molecule has 1 aromatic rings. The standard InChI is InChI=1S/C21H28O4/c1-13(2)12-21(15-7-6-14(24-4)10-17(15)25-5)9-8-20(3)18(22)11-16(21)19(20)23/h6-7,10,13,16H,8-9,11-12H2,1-5H3/t16-,20+,21+/m0/s1. The average Bonchev–Trinajstić information content (AvgIpc) is 2.75. The Balaban J connectivity index is 2.16. The molecule has 2 aliphatic rings. The summed E-state index contributed by atoms with van der Waals surface area (Å²) in [5, 5.41) is 0. The molecule has 25 heavy (non-hydrogen) atoms. The summed E-state index contributed by atoms with van der Waals surface area (Å²) in [6.45, 7) is 6.18. The minimum atomic E-state index is -0.773. The van der Waals surface area contributed by atoms with Crippen LogP contribution < -0.4 is 9.47 Å². The van der Waals surface area contributed by atoms with E-state index in [0.717, 1.165) is 29.9 Å². The first-order valence-corrected chi connectivity index (χ1v) is 9.08. The molecule has 2 bridgehead atoms. The first-order chi connectivity index (χ1) is 11.8. The number of benzene rings is 1. The van der Waals surface area contributed by atoms with Gasteiger partial charge in [0.15, 0.2) is 5.78 Å². The monoisotopic (exact) mass is 344 g/mol. The van der Waals surface area contributed by atoms with Gasteiger partial charge in [-0.25, -0.2) is 0 Å². The molecule has 2 fully saturated rings. The molecule has 0 aliphatic heterocycles. The second-order valence-electron chi connectivity index (χ2n) is 8.20. The van der Waals surface area contributed by atoms with E-state index in [1.807, 2.05) is 25.1 Å². The summed E-state index contributed by atoms with van der Waals surface area (Å²) in [5.41, 5.74) is -0.0704. The minimum Gasteiger partial charge on any atom is -0.497 e. The highest BCUT2D eigenvalue weighted by molar-refractivity contribution is 6.15. The zero-order chi connectivity index (χ0) is 18.4. The summed E-state index contributed by atoms with van der Waals surface area (Å²) in [5.74, 6) is 1.89. The molecule has 136 valence electrons. The van der Waals surface area contributed by atoms with Crippen molar-refractivity contribution in [1.29, 1.82) is 0 Å². The van der Waals surface area contributed by atoms with E-state index >= 15 is 0 Å². The third-order valence-corrected chi connectivity index (χ3v) is 6.32. The second kappa shape index (κ2) is 6.15. The van der Waals surface area contributed by atoms with Crippen molar-refractivity contribution in [1.82, 2.24) is 0 Å². The molecule has 0 aromatic heterocycles. The van der Waals surface area contributed by atoms with E-state index in [9.17, 15) is 9.59 Å². The van der Waals surface area contributed by atoms with Gasteiger partial charge in [-0.3, -0.25) is 9.59 Å². The SMILES string of the molecule is COc1ccc([C@]2(CC(C)C)CC[C@]3(C)C(=O)C[C@H]2C3=O)c(OC)c1. The van der Waals surface area contributed by atoms with Crippen LogP contribution in [0.4, 0.5) is 0 Å². The van der Waals surface area contributed by atoms with E-state index in [2.05, 4.69) is 13.8 Å². The summed E-state index contributed by atoms with van der Waals surface area (Å²) >= 11 is 0. The molecule has 0 amide bonds. The van der Waals surface area contributed by atoms with E-state index in [4.69, 9.17) is 9.47 Å². The van der Waals surface area contributed by atoms with Crippen molar-refractivity contribution in [2.45, 2.75) is 51.9 Å². The number of hydrogen-bond donors (Lipinski definition) is 0. The van der Waals surface area contributed by atoms with Crippen LogP contribution in [0.1, 0.15) is 52.0 Å². The Morgan fingerprint density at radius 1 is 1.16 bits per heavy atom. The van der Waals surface area contributed by atoms with E-state index in [1.54, 1.807) is 14.2 Å². The fourth-order valence-electron chi connectivity index (χ4n) is 5.00. The molecule has 0 saturated heterocycles. The maximum Gasteiger partial charge on any atom is 0.150 e. The molecule has 0 spiro atoms. The van der Waals surface area contributed by atoms with Crippen molar-refractivity contribution < 1.29 is 19.1 Å². The third kappa shape index (κ3) is 2.57. The lowest BCUT2D eigenvalue weighted by molar-refractivity contribution is -0.138. The number of fused-ring (bicyclic) bond motifs is 2. The Labute approximate surface area is 149 Å². The first-order valence-electron chi connectivity index (χ1n) is 9.08. The predicted octanol–water partition coefficient (Wildman–Crippen LogP) is 3.95. The maximum absolute atomic E-state index is 13.1. The first kappa shape index (κ1) is 18.0. The number of carbonyl (C=O) groups is 2. The summed E-state index contributed by atoms with van der Waals surface area (Å²) in [7, 11) is 3.28. The summed E-state index contributed by atoms with van der Waals surface area (Å²) in [4.78, 5) is 25.7. The summed E-state index contributed by atoms with van der Waals surface area (Å²) < 4.78 is 11.0. The molecule has 4 nitrogen and oxygen atoms in total. The van der Waals surface area contributed by atoms with Crippen LogP contribution in [-0.2, 0) is 15.0 Å². The van der Waals surface area contributed by atoms with E-state index in [1.165, 1.54) is 0 Å². The number of Topliss-reactive ketones (excluding diaryl/α,β-unsaturated/α-hetero) is 2. The van der Waals surface area contributed by atoms with Crippen LogP contribution in [0, 0.1) is 17.3 Å². The number of rotatable bonds is 5. The molecular weight excluding hydrogens is 316 g/mol. The molecule has 3 rings (SSSR count). The van der Waals surface area contributed by atoms with Crippen LogP contribution in [0.15, 0.2) is 18.2 Å². The van der Waals surface area contributed by atoms with Gasteiger partial charge in [-0.2, -0.15) is 0 Å². The smallest absolute Gasteiger partial charge is 0.150 e. The number of methoxy groups -OCH3 is 2. The second-order valence-corrected chi connectivity index (χ2v) is 8.20. The van der Waals surface area contributed by atoms with Gasteiger partial charge in [-0.05, 0) is 38.2 Å². The number of ketones is 2. The van der Waals surface area contributed by atoms with Crippen molar-refractivity contribution in [2.75, 3.05) is 14.2 Å². The van der Waals surface area contributed by atoms with Gasteiger partial charge in [-0.1, -0.05) is 19.9 Å². The Bertz CT molecular complexity index is 708. The Hall–Kier alpha value is -1.84. The van der Waals surface area contributed by atoms with Crippen molar-refractivity contribution in [3.8, 4) is 11.5 Å². The molecule has 2 saturated carbocycles. The van der Waals surface area contributed by atoms with Gasteiger partial charge in [0.1, 0.15) is 17.3 Å². The van der Waals surface area contributed by atoms with Crippen LogP contribution in [0.3, 0.4) is 0 Å². The molecule has 0 radical (unpaired) electrons. The van der Waals surface area contributed by atoms with Crippen LogP contribution in [0.5, 0.6) is 11.5 Å². The highest BCUT2D eigenvalue weighted by Crippen LogP contribution is 2.59. The minimum absolute atomic E-state index is 0.112. The van der Waals surface area contributed by atoms with Gasteiger partial charge in [0.2, 0.25) is 0 Å². The molecule has 4 heteroatoms. The molecular formula is C21H28O4. The fourth-order valence-corrected chi connectivity index (χ4v) is 5.00. The lowest BCUT2D eigenvalue weighted by atomic mass is 9.57. The van der Waals surface area contributed by atoms with Crippen LogP contribution in [0.25, 0.3) is 0 Å². The molecule has 3 atom stereocenters. The predicted molar refractivity (Wildman–Crippen MR) is 96.1 cm³/mol. The van der Waals surface area contributed by atoms with Gasteiger partial charge in [-0.15, -0.1) is 0 Å².